The standard InChI is InChI=1S/C27H32N4O5S/c1-5-18-6-8-21(9-7-18)37(34,35)30-23-22-16-20(17-29-25(22)36-27(2,3)24(23)32)26(33)31(4)15-12-19-10-13-28-14-11-19/h6-11,13-14,16-17,23-24,30,32H,5,12,15H2,1-4H3/t23-,24+/m1/s1. The van der Waals surface area contributed by atoms with Crippen LogP contribution in [0.1, 0.15) is 53.9 Å². The zero-order chi connectivity index (χ0) is 26.8. The number of hydrogen-bond donors (Lipinski definition) is 2. The number of nitrogens with zero attached hydrogens (tertiary/aromatic N) is 3. The molecule has 0 aliphatic carbocycles. The molecule has 0 spiro atoms. The van der Waals surface area contributed by atoms with Gasteiger partial charge in [-0.3, -0.25) is 9.78 Å². The second-order valence-electron chi connectivity index (χ2n) is 9.70. The van der Waals surface area contributed by atoms with Gasteiger partial charge >= 0.3 is 0 Å². The fraction of sp³-hybridized carbons (Fsp3) is 0.370. The number of nitrogens with one attached hydrogen (secondary N) is 1. The lowest BCUT2D eigenvalue weighted by Crippen LogP contribution is -2.53. The number of hydrogen-bond acceptors (Lipinski definition) is 7. The number of amides is 1. The van der Waals surface area contributed by atoms with Crippen molar-refractivity contribution in [3.8, 4) is 5.88 Å². The molecule has 0 bridgehead atoms. The third-order valence-corrected chi connectivity index (χ3v) is 8.06. The highest BCUT2D eigenvalue weighted by Gasteiger charge is 2.45. The molecule has 37 heavy (non-hydrogen) atoms. The minimum Gasteiger partial charge on any atom is -0.469 e. The first-order chi connectivity index (χ1) is 17.5. The SMILES string of the molecule is CCc1ccc(S(=O)(=O)N[C@@H]2c3cc(C(=O)N(C)CCc4ccncc4)cnc3OC(C)(C)[C@H]2O)cc1. The Bertz CT molecular complexity index is 1360. The highest BCUT2D eigenvalue weighted by atomic mass is 32.2. The van der Waals surface area contributed by atoms with Crippen LogP contribution in [0.2, 0.25) is 0 Å². The summed E-state index contributed by atoms with van der Waals surface area (Å²) >= 11 is 0. The van der Waals surface area contributed by atoms with Gasteiger partial charge in [-0.25, -0.2) is 18.1 Å². The summed E-state index contributed by atoms with van der Waals surface area (Å²) in [4.78, 5) is 23.1. The maximum atomic E-state index is 13.3. The number of carbonyl (C=O) groups excluding carboxylic acids is 1. The largest absolute Gasteiger partial charge is 0.469 e. The fourth-order valence-corrected chi connectivity index (χ4v) is 5.43. The number of ether oxygens (including phenoxy) is 1. The van der Waals surface area contributed by atoms with Crippen molar-refractivity contribution in [2.24, 2.45) is 0 Å². The average Bonchev–Trinajstić information content (AvgIpc) is 2.89. The van der Waals surface area contributed by atoms with E-state index < -0.39 is 27.8 Å². The molecule has 4 rings (SSSR count). The summed E-state index contributed by atoms with van der Waals surface area (Å²) in [6.07, 6.45) is 5.02. The Morgan fingerprint density at radius 3 is 2.46 bits per heavy atom. The molecule has 0 fully saturated rings. The summed E-state index contributed by atoms with van der Waals surface area (Å²) in [6, 6.07) is 10.8. The molecule has 0 radical (unpaired) electrons. The Hall–Kier alpha value is -3.34. The zero-order valence-electron chi connectivity index (χ0n) is 21.4. The second-order valence-corrected chi connectivity index (χ2v) is 11.4. The summed E-state index contributed by atoms with van der Waals surface area (Å²) in [5, 5.41) is 11.1. The monoisotopic (exact) mass is 524 g/mol. The Morgan fingerprint density at radius 1 is 1.14 bits per heavy atom. The molecule has 2 aromatic heterocycles. The maximum Gasteiger partial charge on any atom is 0.255 e. The van der Waals surface area contributed by atoms with E-state index in [1.165, 1.54) is 18.3 Å². The van der Waals surface area contributed by atoms with Crippen molar-refractivity contribution in [3.05, 3.63) is 83.3 Å². The second kappa shape index (κ2) is 10.6. The van der Waals surface area contributed by atoms with E-state index in [4.69, 9.17) is 4.74 Å². The number of aromatic nitrogens is 2. The number of fused-ring (bicyclic) bond motifs is 1. The van der Waals surface area contributed by atoms with Crippen LogP contribution in [0.4, 0.5) is 0 Å². The quantitative estimate of drug-likeness (QED) is 0.465. The van der Waals surface area contributed by atoms with Crippen molar-refractivity contribution >= 4 is 15.9 Å². The lowest BCUT2D eigenvalue weighted by atomic mass is 9.88. The summed E-state index contributed by atoms with van der Waals surface area (Å²) < 4.78 is 35.0. The van der Waals surface area contributed by atoms with Crippen LogP contribution in [0, 0.1) is 0 Å². The molecule has 1 aromatic carbocycles. The van der Waals surface area contributed by atoms with Gasteiger partial charge in [0.2, 0.25) is 15.9 Å². The molecule has 10 heteroatoms. The van der Waals surface area contributed by atoms with Crippen molar-refractivity contribution in [1.82, 2.24) is 19.6 Å². The Kier molecular flexibility index (Phi) is 7.63. The van der Waals surface area contributed by atoms with Crippen LogP contribution in [-0.2, 0) is 22.9 Å². The van der Waals surface area contributed by atoms with E-state index in [-0.39, 0.29) is 22.2 Å². The Labute approximate surface area is 217 Å². The molecule has 1 aliphatic rings. The number of sulfonamides is 1. The van der Waals surface area contributed by atoms with Crippen LogP contribution in [0.5, 0.6) is 5.88 Å². The molecule has 2 atom stereocenters. The fourth-order valence-electron chi connectivity index (χ4n) is 4.21. The predicted octanol–water partition coefficient (Wildman–Crippen LogP) is 2.91. The van der Waals surface area contributed by atoms with Crippen LogP contribution in [-0.4, -0.2) is 59.6 Å². The third kappa shape index (κ3) is 5.82. The molecule has 1 amide bonds. The van der Waals surface area contributed by atoms with Crippen molar-refractivity contribution in [2.75, 3.05) is 13.6 Å². The minimum absolute atomic E-state index is 0.0822. The van der Waals surface area contributed by atoms with E-state index in [0.717, 1.165) is 17.5 Å². The van der Waals surface area contributed by atoms with E-state index >= 15 is 0 Å². The number of aliphatic hydroxyl groups is 1. The van der Waals surface area contributed by atoms with Crippen molar-refractivity contribution in [3.63, 3.8) is 0 Å². The number of benzene rings is 1. The Balaban J connectivity index is 1.61. The van der Waals surface area contributed by atoms with Crippen LogP contribution in [0.15, 0.2) is 66.0 Å². The van der Waals surface area contributed by atoms with Crippen LogP contribution < -0.4 is 9.46 Å². The smallest absolute Gasteiger partial charge is 0.255 e. The van der Waals surface area contributed by atoms with Crippen LogP contribution in [0.3, 0.4) is 0 Å². The molecule has 3 aromatic rings. The molecule has 2 N–H and O–H groups in total. The Morgan fingerprint density at radius 2 is 1.81 bits per heavy atom. The van der Waals surface area contributed by atoms with E-state index in [1.54, 1.807) is 56.4 Å². The number of carbonyl (C=O) groups is 1. The summed E-state index contributed by atoms with van der Waals surface area (Å²) in [7, 11) is -2.30. The molecule has 0 saturated carbocycles. The van der Waals surface area contributed by atoms with Crippen LogP contribution >= 0.6 is 0 Å². The van der Waals surface area contributed by atoms with Crippen LogP contribution in [0.25, 0.3) is 0 Å². The predicted molar refractivity (Wildman–Crippen MR) is 139 cm³/mol. The van der Waals surface area contributed by atoms with Gasteiger partial charge in [0.15, 0.2) is 0 Å². The van der Waals surface area contributed by atoms with E-state index in [0.29, 0.717) is 18.5 Å². The van der Waals surface area contributed by atoms with Gasteiger partial charge in [-0.05, 0) is 68.1 Å². The average molecular weight is 525 g/mol. The lowest BCUT2D eigenvalue weighted by molar-refractivity contribution is -0.0632. The first-order valence-electron chi connectivity index (χ1n) is 12.1. The first kappa shape index (κ1) is 26.7. The first-order valence-corrected chi connectivity index (χ1v) is 13.6. The molecule has 196 valence electrons. The van der Waals surface area contributed by atoms with Crippen molar-refractivity contribution in [2.45, 2.75) is 56.3 Å². The summed E-state index contributed by atoms with van der Waals surface area (Å²) in [5.41, 5.74) is 1.51. The molecular weight excluding hydrogens is 492 g/mol. The molecule has 0 unspecified atom stereocenters. The molecule has 9 nitrogen and oxygen atoms in total. The molecular formula is C27H32N4O5S. The summed E-state index contributed by atoms with van der Waals surface area (Å²) in [5.74, 6) is -0.110. The highest BCUT2D eigenvalue weighted by Crippen LogP contribution is 2.39. The molecule has 0 saturated heterocycles. The minimum atomic E-state index is -3.99. The van der Waals surface area contributed by atoms with Crippen molar-refractivity contribution < 1.29 is 23.1 Å². The topological polar surface area (TPSA) is 122 Å². The van der Waals surface area contributed by atoms with E-state index in [1.807, 2.05) is 19.1 Å². The van der Waals surface area contributed by atoms with Gasteiger partial charge in [-0.1, -0.05) is 19.1 Å². The maximum absolute atomic E-state index is 13.3. The third-order valence-electron chi connectivity index (χ3n) is 6.60. The number of pyridine rings is 2. The van der Waals surface area contributed by atoms with E-state index in [2.05, 4.69) is 14.7 Å². The van der Waals surface area contributed by atoms with Gasteiger partial charge in [-0.2, -0.15) is 0 Å². The normalized spacial score (nSPS) is 18.5. The zero-order valence-corrected chi connectivity index (χ0v) is 22.2. The number of aliphatic hydroxyl groups excluding tert-OH is 1. The highest BCUT2D eigenvalue weighted by molar-refractivity contribution is 7.89. The van der Waals surface area contributed by atoms with Crippen molar-refractivity contribution in [1.29, 1.82) is 0 Å². The molecule has 3 heterocycles. The van der Waals surface area contributed by atoms with Gasteiger partial charge in [0.1, 0.15) is 11.7 Å². The lowest BCUT2D eigenvalue weighted by Gasteiger charge is -2.41. The van der Waals surface area contributed by atoms with E-state index in [9.17, 15) is 18.3 Å². The van der Waals surface area contributed by atoms with Gasteiger partial charge < -0.3 is 14.7 Å². The number of likely N-dealkylation sites (N-methyl/N-ethyl adjacent to an activating group) is 1. The van der Waals surface area contributed by atoms with Gasteiger partial charge in [-0.15, -0.1) is 0 Å². The molecule has 1 aliphatic heterocycles. The number of aryl methyl sites for hydroxylation is 1. The van der Waals surface area contributed by atoms with Gasteiger partial charge in [0, 0.05) is 37.7 Å². The van der Waals surface area contributed by atoms with Gasteiger partial charge in [0.25, 0.3) is 5.91 Å². The van der Waals surface area contributed by atoms with Gasteiger partial charge in [0.05, 0.1) is 16.5 Å². The number of rotatable bonds is 8. The summed E-state index contributed by atoms with van der Waals surface area (Å²) in [6.45, 7) is 5.77.